The summed E-state index contributed by atoms with van der Waals surface area (Å²) in [6.07, 6.45) is 3.10. The van der Waals surface area contributed by atoms with Gasteiger partial charge in [0, 0.05) is 38.0 Å². The van der Waals surface area contributed by atoms with Crippen LogP contribution in [0.4, 0.5) is 5.69 Å². The van der Waals surface area contributed by atoms with E-state index in [1.165, 1.54) is 6.08 Å². The molecule has 0 aromatic heterocycles. The average Bonchev–Trinajstić information content (AvgIpc) is 2.65. The van der Waals surface area contributed by atoms with Gasteiger partial charge in [0.1, 0.15) is 0 Å². The first-order chi connectivity index (χ1) is 12.5. The second-order valence-electron chi connectivity index (χ2n) is 5.95. The molecule has 1 amide bonds. The molecule has 26 heavy (non-hydrogen) atoms. The van der Waals surface area contributed by atoms with Crippen LogP contribution in [-0.4, -0.2) is 32.6 Å². The molecule has 0 spiro atoms. The highest BCUT2D eigenvalue weighted by Crippen LogP contribution is 2.12. The molecular formula is C21H24N2O3. The van der Waals surface area contributed by atoms with E-state index in [1.54, 1.807) is 13.0 Å². The molecule has 0 aliphatic carbocycles. The Labute approximate surface area is 154 Å². The van der Waals surface area contributed by atoms with Gasteiger partial charge in [0.25, 0.3) is 5.91 Å². The number of carbonyl (C=O) groups excluding carboxylic acids is 2. The molecule has 0 aliphatic rings. The molecule has 0 aliphatic heterocycles. The minimum Gasteiger partial charge on any atom is -0.463 e. The number of amides is 1. The lowest BCUT2D eigenvalue weighted by Gasteiger charge is -2.12. The third kappa shape index (κ3) is 5.77. The van der Waals surface area contributed by atoms with E-state index in [4.69, 9.17) is 4.74 Å². The van der Waals surface area contributed by atoms with Gasteiger partial charge in [-0.05, 0) is 48.4 Å². The van der Waals surface area contributed by atoms with Gasteiger partial charge < -0.3 is 15.0 Å². The van der Waals surface area contributed by atoms with Crippen molar-refractivity contribution >= 4 is 23.6 Å². The van der Waals surface area contributed by atoms with Gasteiger partial charge in [-0.15, -0.1) is 0 Å². The summed E-state index contributed by atoms with van der Waals surface area (Å²) in [5.74, 6) is -0.467. The number of esters is 1. The third-order valence-electron chi connectivity index (χ3n) is 3.78. The van der Waals surface area contributed by atoms with Crippen LogP contribution in [0.5, 0.6) is 0 Å². The van der Waals surface area contributed by atoms with Gasteiger partial charge in [-0.2, -0.15) is 0 Å². The Morgan fingerprint density at radius 1 is 1.04 bits per heavy atom. The molecule has 0 fully saturated rings. The SMILES string of the molecule is CCOC(=O)/C=C/c1ccc(CNC(=O)c2ccc(N(C)C)cc2)cc1. The Kier molecular flexibility index (Phi) is 6.97. The van der Waals surface area contributed by atoms with Crippen LogP contribution in [0.3, 0.4) is 0 Å². The van der Waals surface area contributed by atoms with Crippen molar-refractivity contribution in [2.75, 3.05) is 25.6 Å². The second kappa shape index (κ2) is 9.42. The van der Waals surface area contributed by atoms with Crippen LogP contribution in [-0.2, 0) is 16.1 Å². The van der Waals surface area contributed by atoms with E-state index in [1.807, 2.05) is 67.5 Å². The van der Waals surface area contributed by atoms with Crippen LogP contribution in [0.15, 0.2) is 54.6 Å². The maximum Gasteiger partial charge on any atom is 0.330 e. The molecule has 2 aromatic rings. The smallest absolute Gasteiger partial charge is 0.330 e. The molecule has 0 unspecified atom stereocenters. The van der Waals surface area contributed by atoms with Crippen LogP contribution in [0.25, 0.3) is 6.08 Å². The number of hydrogen-bond donors (Lipinski definition) is 1. The first kappa shape index (κ1) is 19.2. The molecule has 2 aromatic carbocycles. The third-order valence-corrected chi connectivity index (χ3v) is 3.78. The molecule has 0 saturated heterocycles. The highest BCUT2D eigenvalue weighted by Gasteiger charge is 2.05. The Morgan fingerprint density at radius 2 is 1.69 bits per heavy atom. The fraction of sp³-hybridized carbons (Fsp3) is 0.238. The quantitative estimate of drug-likeness (QED) is 0.614. The van der Waals surface area contributed by atoms with E-state index in [2.05, 4.69) is 5.32 Å². The van der Waals surface area contributed by atoms with Crippen molar-refractivity contribution in [2.24, 2.45) is 0 Å². The molecule has 0 heterocycles. The van der Waals surface area contributed by atoms with Crippen molar-refractivity contribution in [3.8, 4) is 0 Å². The van der Waals surface area contributed by atoms with Gasteiger partial charge in [-0.25, -0.2) is 4.79 Å². The highest BCUT2D eigenvalue weighted by atomic mass is 16.5. The van der Waals surface area contributed by atoms with Gasteiger partial charge in [0.15, 0.2) is 0 Å². The van der Waals surface area contributed by atoms with Gasteiger partial charge >= 0.3 is 5.97 Å². The van der Waals surface area contributed by atoms with E-state index in [0.717, 1.165) is 16.8 Å². The van der Waals surface area contributed by atoms with Crippen molar-refractivity contribution in [2.45, 2.75) is 13.5 Å². The van der Waals surface area contributed by atoms with Crippen LogP contribution < -0.4 is 10.2 Å². The lowest BCUT2D eigenvalue weighted by molar-refractivity contribution is -0.137. The van der Waals surface area contributed by atoms with Gasteiger partial charge in [-0.3, -0.25) is 4.79 Å². The van der Waals surface area contributed by atoms with E-state index in [0.29, 0.717) is 18.7 Å². The van der Waals surface area contributed by atoms with Crippen LogP contribution in [0.2, 0.25) is 0 Å². The standard InChI is InChI=1S/C21H24N2O3/c1-4-26-20(24)14-9-16-5-7-17(8-6-16)15-22-21(25)18-10-12-19(13-11-18)23(2)3/h5-14H,4,15H2,1-3H3,(H,22,25)/b14-9+. The molecule has 5 heteroatoms. The molecule has 2 rings (SSSR count). The minimum atomic E-state index is -0.357. The van der Waals surface area contributed by atoms with Gasteiger partial charge in [-0.1, -0.05) is 24.3 Å². The zero-order valence-electron chi connectivity index (χ0n) is 15.4. The fourth-order valence-electron chi connectivity index (χ4n) is 2.30. The fourth-order valence-corrected chi connectivity index (χ4v) is 2.30. The highest BCUT2D eigenvalue weighted by molar-refractivity contribution is 5.94. The van der Waals surface area contributed by atoms with E-state index in [9.17, 15) is 9.59 Å². The summed E-state index contributed by atoms with van der Waals surface area (Å²) in [4.78, 5) is 25.5. The maximum absolute atomic E-state index is 12.2. The number of benzene rings is 2. The van der Waals surface area contributed by atoms with Crippen molar-refractivity contribution in [3.63, 3.8) is 0 Å². The number of ether oxygens (including phenoxy) is 1. The summed E-state index contributed by atoms with van der Waals surface area (Å²) < 4.78 is 4.84. The van der Waals surface area contributed by atoms with Gasteiger partial charge in [0.05, 0.1) is 6.61 Å². The maximum atomic E-state index is 12.2. The first-order valence-corrected chi connectivity index (χ1v) is 8.49. The molecule has 0 saturated carbocycles. The number of nitrogens with one attached hydrogen (secondary N) is 1. The predicted molar refractivity (Wildman–Crippen MR) is 104 cm³/mol. The Morgan fingerprint density at radius 3 is 2.27 bits per heavy atom. The van der Waals surface area contributed by atoms with Gasteiger partial charge in [0.2, 0.25) is 0 Å². The normalized spacial score (nSPS) is 10.6. The summed E-state index contributed by atoms with van der Waals surface area (Å²) in [5, 5.41) is 2.91. The second-order valence-corrected chi connectivity index (χ2v) is 5.95. The van der Waals surface area contributed by atoms with Crippen LogP contribution >= 0.6 is 0 Å². The summed E-state index contributed by atoms with van der Waals surface area (Å²) >= 11 is 0. The summed E-state index contributed by atoms with van der Waals surface area (Å²) in [5.41, 5.74) is 3.56. The Balaban J connectivity index is 1.89. The lowest BCUT2D eigenvalue weighted by Crippen LogP contribution is -2.22. The molecule has 0 bridgehead atoms. The zero-order valence-corrected chi connectivity index (χ0v) is 15.4. The molecular weight excluding hydrogens is 328 g/mol. The largest absolute Gasteiger partial charge is 0.463 e. The van der Waals surface area contributed by atoms with Crippen molar-refractivity contribution < 1.29 is 14.3 Å². The lowest BCUT2D eigenvalue weighted by atomic mass is 10.1. The first-order valence-electron chi connectivity index (χ1n) is 8.49. The average molecular weight is 352 g/mol. The van der Waals surface area contributed by atoms with E-state index in [-0.39, 0.29) is 11.9 Å². The van der Waals surface area contributed by atoms with Crippen LogP contribution in [0, 0.1) is 0 Å². The predicted octanol–water partition coefficient (Wildman–Crippen LogP) is 3.26. The van der Waals surface area contributed by atoms with E-state index < -0.39 is 0 Å². The minimum absolute atomic E-state index is 0.110. The molecule has 1 N–H and O–H groups in total. The Hall–Kier alpha value is -3.08. The van der Waals surface area contributed by atoms with Crippen molar-refractivity contribution in [1.82, 2.24) is 5.32 Å². The zero-order chi connectivity index (χ0) is 18.9. The number of nitrogens with zero attached hydrogens (tertiary/aromatic N) is 1. The number of carbonyl (C=O) groups is 2. The number of hydrogen-bond acceptors (Lipinski definition) is 4. The molecule has 5 nitrogen and oxygen atoms in total. The molecule has 136 valence electrons. The monoisotopic (exact) mass is 352 g/mol. The summed E-state index contributed by atoms with van der Waals surface area (Å²) in [6.45, 7) is 2.57. The summed E-state index contributed by atoms with van der Waals surface area (Å²) in [7, 11) is 3.92. The van der Waals surface area contributed by atoms with Crippen molar-refractivity contribution in [1.29, 1.82) is 0 Å². The topological polar surface area (TPSA) is 58.6 Å². The number of rotatable bonds is 7. The summed E-state index contributed by atoms with van der Waals surface area (Å²) in [6, 6.07) is 15.1. The van der Waals surface area contributed by atoms with E-state index >= 15 is 0 Å². The molecule has 0 radical (unpaired) electrons. The van der Waals surface area contributed by atoms with Crippen LogP contribution in [0.1, 0.15) is 28.4 Å². The van der Waals surface area contributed by atoms with Crippen molar-refractivity contribution in [3.05, 3.63) is 71.3 Å². The number of anilines is 1. The molecule has 0 atom stereocenters. The Bertz CT molecular complexity index is 763.